The molecule has 15 heteroatoms. The molecule has 0 aromatic heterocycles. The van der Waals surface area contributed by atoms with E-state index in [1.54, 1.807) is 19.1 Å². The number of rotatable bonds is 13. The second kappa shape index (κ2) is 18.5. The molecule has 0 spiro atoms. The van der Waals surface area contributed by atoms with Crippen LogP contribution in [-0.2, 0) is 38.0 Å². The molecule has 2 heterocycles. The summed E-state index contributed by atoms with van der Waals surface area (Å²) in [5.74, 6) is -1.30. The number of aliphatic hydroxyl groups excluding tert-OH is 4. The topological polar surface area (TPSA) is 217 Å². The van der Waals surface area contributed by atoms with E-state index in [2.05, 4.69) is 33.8 Å². The highest BCUT2D eigenvalue weighted by atomic mass is 16.8. The van der Waals surface area contributed by atoms with Crippen LogP contribution >= 0.6 is 0 Å². The summed E-state index contributed by atoms with van der Waals surface area (Å²) in [7, 11) is 1.48. The third kappa shape index (κ3) is 8.62. The molecular formula is C47H68O15. The summed E-state index contributed by atoms with van der Waals surface area (Å²) in [6.07, 6.45) is -5.12. The summed E-state index contributed by atoms with van der Waals surface area (Å²) in [5, 5.41) is 57.1. The van der Waals surface area contributed by atoms with Gasteiger partial charge in [-0.1, -0.05) is 46.3 Å². The number of esters is 2. The van der Waals surface area contributed by atoms with E-state index in [1.807, 2.05) is 0 Å². The van der Waals surface area contributed by atoms with E-state index in [4.69, 9.17) is 33.2 Å². The number of hydrogen-bond acceptors (Lipinski definition) is 15. The van der Waals surface area contributed by atoms with Crippen LogP contribution in [-0.4, -0.2) is 131 Å². The minimum Gasteiger partial charge on any atom is -0.497 e. The Balaban J connectivity index is 1.18. The van der Waals surface area contributed by atoms with Crippen molar-refractivity contribution >= 4 is 17.7 Å². The highest BCUT2D eigenvalue weighted by Gasteiger charge is 2.70. The minimum atomic E-state index is -1.67. The lowest BCUT2D eigenvalue weighted by Gasteiger charge is -2.59. The first kappa shape index (κ1) is 47.0. The van der Waals surface area contributed by atoms with E-state index in [1.165, 1.54) is 31.7 Å². The molecule has 6 aliphatic rings. The van der Waals surface area contributed by atoms with Crippen molar-refractivity contribution in [2.75, 3.05) is 20.3 Å². The van der Waals surface area contributed by atoms with Crippen LogP contribution in [0, 0.1) is 40.4 Å². The second-order valence-electron chi connectivity index (χ2n) is 19.7. The average Bonchev–Trinajstić information content (AvgIpc) is 3.47. The number of benzene rings is 1. The van der Waals surface area contributed by atoms with E-state index < -0.39 is 90.8 Å². The fraction of sp³-hybridized carbons (Fsp3) is 0.766. The van der Waals surface area contributed by atoms with E-state index in [9.17, 15) is 39.9 Å². The molecule has 2 saturated heterocycles. The Morgan fingerprint density at radius 1 is 0.855 bits per heavy atom. The molecule has 0 radical (unpaired) electrons. The molecule has 17 atom stereocenters. The van der Waals surface area contributed by atoms with Crippen molar-refractivity contribution in [1.82, 2.24) is 0 Å². The number of fused-ring (bicyclic) bond motifs is 5. The molecule has 1 aromatic rings. The van der Waals surface area contributed by atoms with Crippen molar-refractivity contribution in [2.45, 2.75) is 166 Å². The van der Waals surface area contributed by atoms with Crippen LogP contribution in [0.25, 0.3) is 0 Å². The summed E-state index contributed by atoms with van der Waals surface area (Å²) in [5.41, 5.74) is -1.08. The smallest absolute Gasteiger partial charge is 0.338 e. The molecule has 3 saturated carbocycles. The summed E-state index contributed by atoms with van der Waals surface area (Å²) in [6, 6.07) is 6.05. The van der Waals surface area contributed by atoms with Crippen LogP contribution in [0.5, 0.6) is 5.75 Å². The summed E-state index contributed by atoms with van der Waals surface area (Å²) in [6.45, 7) is 10.7. The lowest BCUT2D eigenvalue weighted by atomic mass is 9.46. The van der Waals surface area contributed by atoms with Crippen LogP contribution in [0.4, 0.5) is 0 Å². The molecule has 2 aliphatic heterocycles. The van der Waals surface area contributed by atoms with Gasteiger partial charge in [-0.15, -0.1) is 0 Å². The molecule has 4 aliphatic carbocycles. The number of methoxy groups -OCH3 is 1. The molecular weight excluding hydrogens is 805 g/mol. The molecule has 15 nitrogen and oxygen atoms in total. The monoisotopic (exact) mass is 872 g/mol. The van der Waals surface area contributed by atoms with E-state index in [0.29, 0.717) is 37.4 Å². The zero-order valence-electron chi connectivity index (χ0n) is 37.1. The first-order valence-electron chi connectivity index (χ1n) is 22.6. The molecule has 5 N–H and O–H groups in total. The van der Waals surface area contributed by atoms with Gasteiger partial charge in [0.15, 0.2) is 24.8 Å². The van der Waals surface area contributed by atoms with Crippen molar-refractivity contribution < 1.29 is 73.1 Å². The summed E-state index contributed by atoms with van der Waals surface area (Å²) >= 11 is 0. The van der Waals surface area contributed by atoms with Crippen molar-refractivity contribution in [1.29, 1.82) is 0 Å². The molecule has 62 heavy (non-hydrogen) atoms. The molecule has 0 bridgehead atoms. The molecule has 8 unspecified atom stereocenters. The van der Waals surface area contributed by atoms with E-state index in [-0.39, 0.29) is 53.6 Å². The molecule has 0 amide bonds. The zero-order valence-corrected chi connectivity index (χ0v) is 37.1. The van der Waals surface area contributed by atoms with Gasteiger partial charge in [0.25, 0.3) is 0 Å². The summed E-state index contributed by atoms with van der Waals surface area (Å²) in [4.78, 5) is 40.3. The third-order valence-corrected chi connectivity index (χ3v) is 15.7. The molecule has 5 fully saturated rings. The predicted molar refractivity (Wildman–Crippen MR) is 221 cm³/mol. The minimum absolute atomic E-state index is 0.0591. The quantitative estimate of drug-likeness (QED) is 0.140. The number of aliphatic hydroxyl groups is 5. The zero-order chi connectivity index (χ0) is 44.9. The van der Waals surface area contributed by atoms with Crippen LogP contribution in [0.2, 0.25) is 0 Å². The van der Waals surface area contributed by atoms with Crippen LogP contribution < -0.4 is 4.74 Å². The lowest BCUT2D eigenvalue weighted by Crippen LogP contribution is -2.64. The average molecular weight is 873 g/mol. The van der Waals surface area contributed by atoms with Gasteiger partial charge in [0.05, 0.1) is 38.1 Å². The maximum absolute atomic E-state index is 14.2. The van der Waals surface area contributed by atoms with Crippen molar-refractivity contribution in [3.63, 3.8) is 0 Å². The highest BCUT2D eigenvalue weighted by molar-refractivity contribution is 5.89. The van der Waals surface area contributed by atoms with E-state index in [0.717, 1.165) is 25.7 Å². The molecule has 7 rings (SSSR count). The number of ketones is 1. The molecule has 346 valence electrons. The largest absolute Gasteiger partial charge is 0.497 e. The van der Waals surface area contributed by atoms with Crippen LogP contribution in [0.15, 0.2) is 35.9 Å². The SMILES string of the molecule is COc1ccc(C(=O)OC2C(OC3C(O)COC(O[C@H]4C[C@H]5[C@@H]6CC=C7C[C@@H](O)CC[C@]7(C)[C@H]6CC[C@]5(C)[C@@]4(O)[C@H](C)C(=O)CCC(C)C)C3OC(C)=O)OCC(O)C2O)cc1. The maximum atomic E-state index is 14.2. The van der Waals surface area contributed by atoms with Gasteiger partial charge in [-0.2, -0.15) is 0 Å². The Kier molecular flexibility index (Phi) is 14.0. The van der Waals surface area contributed by atoms with Gasteiger partial charge in [0, 0.05) is 24.7 Å². The van der Waals surface area contributed by atoms with Gasteiger partial charge in [-0.05, 0) is 105 Å². The fourth-order valence-corrected chi connectivity index (χ4v) is 12.1. The normalized spacial score (nSPS) is 42.1. The Morgan fingerprint density at radius 2 is 1.53 bits per heavy atom. The van der Waals surface area contributed by atoms with Crippen molar-refractivity contribution in [2.24, 2.45) is 40.4 Å². The van der Waals surface area contributed by atoms with Gasteiger partial charge in [-0.3, -0.25) is 9.59 Å². The van der Waals surface area contributed by atoms with Gasteiger partial charge in [0.2, 0.25) is 0 Å². The predicted octanol–water partition coefficient (Wildman–Crippen LogP) is 4.02. The molecule has 1 aromatic carbocycles. The number of Topliss-reactive ketones (excluding diaryl/α,β-unsaturated/α-hetero) is 1. The van der Waals surface area contributed by atoms with Crippen LogP contribution in [0.3, 0.4) is 0 Å². The third-order valence-electron chi connectivity index (χ3n) is 15.7. The first-order chi connectivity index (χ1) is 29.3. The standard InChI is InChI=1S/C47H68O15/c1-24(2)8-15-34(50)25(3)47(55)37(21-33-31-14-11-28-20-29(49)16-18-45(28,5)32(31)17-19-46(33,47)6)60-44-41(59-26(4)48)39(36(52)23-58-44)62-43-40(38(53)35(51)22-57-43)61-42(54)27-9-12-30(56-7)13-10-27/h9-13,24-25,29,31-33,35-41,43-44,49,51-53,55H,8,14-23H2,1-7H3/t25-,29+,31-,32+,33+,35?,36?,37+,38?,39?,40?,41?,43?,44?,45+,46+,47-/m1/s1. The van der Waals surface area contributed by atoms with Gasteiger partial charge in [0.1, 0.15) is 41.5 Å². The van der Waals surface area contributed by atoms with Crippen molar-refractivity contribution in [3.8, 4) is 5.75 Å². The van der Waals surface area contributed by atoms with E-state index >= 15 is 0 Å². The Morgan fingerprint density at radius 3 is 2.19 bits per heavy atom. The second-order valence-corrected chi connectivity index (χ2v) is 19.7. The maximum Gasteiger partial charge on any atom is 0.338 e. The van der Waals surface area contributed by atoms with Crippen molar-refractivity contribution in [3.05, 3.63) is 41.5 Å². The van der Waals surface area contributed by atoms with Gasteiger partial charge < -0.3 is 58.7 Å². The highest BCUT2D eigenvalue weighted by Crippen LogP contribution is 2.69. The van der Waals surface area contributed by atoms with Gasteiger partial charge >= 0.3 is 11.9 Å². The Labute approximate surface area is 364 Å². The number of carbonyl (C=O) groups excluding carboxylic acids is 3. The number of hydrogen-bond donors (Lipinski definition) is 5. The van der Waals surface area contributed by atoms with Gasteiger partial charge in [-0.25, -0.2) is 4.79 Å². The number of carbonyl (C=O) groups is 3. The number of ether oxygens (including phenoxy) is 7. The van der Waals surface area contributed by atoms with Crippen LogP contribution in [0.1, 0.15) is 110 Å². The summed E-state index contributed by atoms with van der Waals surface area (Å²) < 4.78 is 41.7. The first-order valence-corrected chi connectivity index (χ1v) is 22.6. The Bertz CT molecular complexity index is 1800. The lowest BCUT2D eigenvalue weighted by molar-refractivity contribution is -0.345. The number of allylic oxidation sites excluding steroid dienone is 1. The fourth-order valence-electron chi connectivity index (χ4n) is 12.1. The Hall–Kier alpha value is -2.99.